The predicted octanol–water partition coefficient (Wildman–Crippen LogP) is 6.19. The van der Waals surface area contributed by atoms with Crippen LogP contribution in [0.5, 0.6) is 0 Å². The maximum Gasteiger partial charge on any atom is 0.212 e. The van der Waals surface area contributed by atoms with Crippen molar-refractivity contribution in [2.24, 2.45) is 7.05 Å². The maximum atomic E-state index is 14.9. The van der Waals surface area contributed by atoms with Crippen LogP contribution in [-0.4, -0.2) is 0 Å². The molecule has 0 aliphatic carbocycles. The highest BCUT2D eigenvalue weighted by atomic mass is 19.1. The second kappa shape index (κ2) is 6.31. The summed E-state index contributed by atoms with van der Waals surface area (Å²) in [6.07, 6.45) is 2.02. The molecule has 0 fully saturated rings. The van der Waals surface area contributed by atoms with Crippen LogP contribution in [0.1, 0.15) is 5.56 Å². The standard InChI is InChI=1S/C25H19FNO/c1-16-12-20-21-13-18(17-8-4-3-5-9-17)14-22(26)25(21)28-24(20)15-19(16)23-10-6-7-11-27(23)2/h3-15H,1-2H3/q+1. The summed E-state index contributed by atoms with van der Waals surface area (Å²) in [5.74, 6) is -0.336. The highest BCUT2D eigenvalue weighted by molar-refractivity contribution is 6.07. The van der Waals surface area contributed by atoms with Crippen LogP contribution >= 0.6 is 0 Å². The van der Waals surface area contributed by atoms with Crippen molar-refractivity contribution in [1.29, 1.82) is 0 Å². The Balaban J connectivity index is 1.78. The van der Waals surface area contributed by atoms with E-state index in [0.717, 1.165) is 38.7 Å². The summed E-state index contributed by atoms with van der Waals surface area (Å²) < 4.78 is 22.9. The van der Waals surface area contributed by atoms with E-state index in [1.807, 2.05) is 67.8 Å². The van der Waals surface area contributed by atoms with Crippen LogP contribution in [0.3, 0.4) is 0 Å². The van der Waals surface area contributed by atoms with E-state index < -0.39 is 0 Å². The number of aryl methyl sites for hydroxylation is 2. The largest absolute Gasteiger partial charge is 0.453 e. The van der Waals surface area contributed by atoms with Gasteiger partial charge in [0.25, 0.3) is 0 Å². The monoisotopic (exact) mass is 368 g/mol. The Labute approximate surface area is 162 Å². The first kappa shape index (κ1) is 16.7. The Morgan fingerprint density at radius 1 is 0.821 bits per heavy atom. The molecule has 0 aliphatic heterocycles. The van der Waals surface area contributed by atoms with E-state index in [1.54, 1.807) is 6.07 Å². The number of halogens is 1. The number of benzene rings is 3. The molecule has 5 rings (SSSR count). The number of aromatic nitrogens is 1. The van der Waals surface area contributed by atoms with E-state index in [4.69, 9.17) is 4.42 Å². The highest BCUT2D eigenvalue weighted by Gasteiger charge is 2.18. The van der Waals surface area contributed by atoms with Crippen molar-refractivity contribution in [2.45, 2.75) is 6.92 Å². The van der Waals surface area contributed by atoms with E-state index in [2.05, 4.69) is 23.6 Å². The van der Waals surface area contributed by atoms with Gasteiger partial charge in [-0.15, -0.1) is 0 Å². The molecule has 3 heteroatoms. The molecule has 0 atom stereocenters. The Kier molecular flexibility index (Phi) is 3.76. The van der Waals surface area contributed by atoms with Crippen molar-refractivity contribution < 1.29 is 13.4 Å². The van der Waals surface area contributed by atoms with E-state index >= 15 is 0 Å². The average molecular weight is 368 g/mol. The molecule has 0 bridgehead atoms. The lowest BCUT2D eigenvalue weighted by atomic mass is 9.99. The van der Waals surface area contributed by atoms with Crippen molar-refractivity contribution in [1.82, 2.24) is 0 Å². The molecule has 0 spiro atoms. The van der Waals surface area contributed by atoms with Crippen molar-refractivity contribution in [3.63, 3.8) is 0 Å². The lowest BCUT2D eigenvalue weighted by molar-refractivity contribution is -0.660. The molecule has 3 aromatic carbocycles. The van der Waals surface area contributed by atoms with Gasteiger partial charge in [0.05, 0.1) is 5.56 Å². The average Bonchev–Trinajstić information content (AvgIpc) is 3.07. The fourth-order valence-electron chi connectivity index (χ4n) is 3.87. The van der Waals surface area contributed by atoms with Gasteiger partial charge in [-0.1, -0.05) is 30.3 Å². The zero-order valence-corrected chi connectivity index (χ0v) is 15.7. The van der Waals surface area contributed by atoms with Crippen LogP contribution in [0.25, 0.3) is 44.3 Å². The van der Waals surface area contributed by atoms with Crippen molar-refractivity contribution in [2.75, 3.05) is 0 Å². The third kappa shape index (κ3) is 2.59. The number of rotatable bonds is 2. The van der Waals surface area contributed by atoms with Crippen LogP contribution in [0, 0.1) is 12.7 Å². The molecule has 0 unspecified atom stereocenters. The molecule has 2 nitrogen and oxygen atoms in total. The quantitative estimate of drug-likeness (QED) is 0.339. The molecule has 0 N–H and O–H groups in total. The minimum atomic E-state index is -0.336. The molecular formula is C25H19FNO+. The Morgan fingerprint density at radius 2 is 1.61 bits per heavy atom. The number of fused-ring (bicyclic) bond motifs is 3. The van der Waals surface area contributed by atoms with Crippen LogP contribution < -0.4 is 4.57 Å². The first-order valence-electron chi connectivity index (χ1n) is 9.29. The van der Waals surface area contributed by atoms with Crippen molar-refractivity contribution in [3.05, 3.63) is 90.4 Å². The van der Waals surface area contributed by atoms with Crippen LogP contribution in [0.15, 0.2) is 83.4 Å². The molecule has 136 valence electrons. The molecular weight excluding hydrogens is 349 g/mol. The van der Waals surface area contributed by atoms with Gasteiger partial charge < -0.3 is 4.42 Å². The van der Waals surface area contributed by atoms with Gasteiger partial charge in [-0.2, -0.15) is 0 Å². The van der Waals surface area contributed by atoms with Gasteiger partial charge >= 0.3 is 0 Å². The van der Waals surface area contributed by atoms with Gasteiger partial charge in [-0.3, -0.25) is 0 Å². The first-order valence-corrected chi connectivity index (χ1v) is 9.29. The summed E-state index contributed by atoms with van der Waals surface area (Å²) in [5.41, 5.74) is 6.15. The lowest BCUT2D eigenvalue weighted by Gasteiger charge is -2.05. The summed E-state index contributed by atoms with van der Waals surface area (Å²) in [4.78, 5) is 0. The maximum absolute atomic E-state index is 14.9. The zero-order chi connectivity index (χ0) is 19.3. The molecule has 0 aliphatic rings. The third-order valence-electron chi connectivity index (χ3n) is 5.31. The highest BCUT2D eigenvalue weighted by Crippen LogP contribution is 2.37. The van der Waals surface area contributed by atoms with Gasteiger partial charge in [0.15, 0.2) is 17.6 Å². The number of hydrogen-bond acceptors (Lipinski definition) is 1. The normalized spacial score (nSPS) is 11.4. The fraction of sp³-hybridized carbons (Fsp3) is 0.0800. The zero-order valence-electron chi connectivity index (χ0n) is 15.7. The van der Waals surface area contributed by atoms with E-state index in [-0.39, 0.29) is 5.82 Å². The van der Waals surface area contributed by atoms with Crippen molar-refractivity contribution in [3.8, 4) is 22.4 Å². The molecule has 0 radical (unpaired) electrons. The number of nitrogens with zero attached hydrogens (tertiary/aromatic N) is 1. The van der Waals surface area contributed by atoms with Crippen molar-refractivity contribution >= 4 is 21.9 Å². The van der Waals surface area contributed by atoms with E-state index in [1.165, 1.54) is 0 Å². The SMILES string of the molecule is Cc1cc2c(cc1-c1cccc[n+]1C)oc1c(F)cc(-c3ccccc3)cc12. The Morgan fingerprint density at radius 3 is 2.39 bits per heavy atom. The third-order valence-corrected chi connectivity index (χ3v) is 5.31. The summed E-state index contributed by atoms with van der Waals surface area (Å²) in [5, 5.41) is 1.74. The van der Waals surface area contributed by atoms with Gasteiger partial charge in [-0.05, 0) is 53.9 Å². The number of pyridine rings is 1. The van der Waals surface area contributed by atoms with Crippen LogP contribution in [0.4, 0.5) is 4.39 Å². The minimum Gasteiger partial charge on any atom is -0.453 e. The Bertz CT molecular complexity index is 1340. The molecule has 28 heavy (non-hydrogen) atoms. The molecule has 0 saturated heterocycles. The second-order valence-corrected chi connectivity index (χ2v) is 7.16. The molecule has 0 saturated carbocycles. The van der Waals surface area contributed by atoms with Crippen LogP contribution in [-0.2, 0) is 7.05 Å². The lowest BCUT2D eigenvalue weighted by Crippen LogP contribution is -2.30. The minimum absolute atomic E-state index is 0.309. The topological polar surface area (TPSA) is 17.0 Å². The van der Waals surface area contributed by atoms with E-state index in [9.17, 15) is 4.39 Å². The number of furan rings is 1. The van der Waals surface area contributed by atoms with E-state index in [0.29, 0.717) is 11.2 Å². The van der Waals surface area contributed by atoms with Crippen LogP contribution in [0.2, 0.25) is 0 Å². The number of hydrogen-bond donors (Lipinski definition) is 0. The summed E-state index contributed by atoms with van der Waals surface area (Å²) in [6, 6.07) is 23.6. The summed E-state index contributed by atoms with van der Waals surface area (Å²) >= 11 is 0. The molecule has 5 aromatic rings. The fourth-order valence-corrected chi connectivity index (χ4v) is 3.87. The van der Waals surface area contributed by atoms with Gasteiger partial charge in [0.1, 0.15) is 12.6 Å². The molecule has 2 aromatic heterocycles. The van der Waals surface area contributed by atoms with Gasteiger partial charge in [-0.25, -0.2) is 8.96 Å². The molecule has 2 heterocycles. The molecule has 0 amide bonds. The van der Waals surface area contributed by atoms with Gasteiger partial charge in [0.2, 0.25) is 5.69 Å². The summed E-state index contributed by atoms with van der Waals surface area (Å²) in [7, 11) is 2.02. The second-order valence-electron chi connectivity index (χ2n) is 7.16. The first-order chi connectivity index (χ1) is 13.6. The predicted molar refractivity (Wildman–Crippen MR) is 110 cm³/mol. The smallest absolute Gasteiger partial charge is 0.212 e. The summed E-state index contributed by atoms with van der Waals surface area (Å²) in [6.45, 7) is 2.08. The van der Waals surface area contributed by atoms with Gasteiger partial charge in [0, 0.05) is 22.9 Å². The Hall–Kier alpha value is -3.46.